The topological polar surface area (TPSA) is 213 Å². The van der Waals surface area contributed by atoms with Crippen molar-refractivity contribution in [3.8, 4) is 17.2 Å². The number of phenols is 2. The number of allylic oxidation sites excluding steroid dienone is 2. The highest BCUT2D eigenvalue weighted by Crippen LogP contribution is 2.78. The number of hydrogen-bond donors (Lipinski definition) is 7. The molecule has 368 valence electrons. The molecular formula is C55H70O13. The van der Waals surface area contributed by atoms with Crippen molar-refractivity contribution >= 4 is 22.5 Å². The molecule has 0 amide bonds. The van der Waals surface area contributed by atoms with Crippen LogP contribution >= 0.6 is 0 Å². The summed E-state index contributed by atoms with van der Waals surface area (Å²) in [6.45, 7) is 3.50. The second kappa shape index (κ2) is 15.7. The highest BCUT2D eigenvalue weighted by molar-refractivity contribution is 6.11. The number of aromatic carboxylic acids is 1. The molecule has 0 aromatic heterocycles. The zero-order chi connectivity index (χ0) is 47.3. The number of carbonyl (C=O) groups excluding carboxylic acids is 1. The SMILES string of the molecule is CC(=O)c1c(C)c(O)c2cc(C(=O)O)cc(OC3OC(CO)C4(CC5C6=C(CC=C6C6(CCO)COCC7CC8(CCC9(CCCC9%10CCC9(CCCC9)C%10)C8)CC5C76)CO4)C(O)C3O)c2c1O. The number of carbonyl (C=O) groups is 2. The van der Waals surface area contributed by atoms with E-state index in [4.69, 9.17) is 18.9 Å². The van der Waals surface area contributed by atoms with Gasteiger partial charge in [-0.25, -0.2) is 4.79 Å². The molecule has 2 aromatic rings. The Labute approximate surface area is 397 Å². The Balaban J connectivity index is 0.906. The number of phenolic OH excluding ortho intramolecular Hbond substituents is 2. The third-order valence-electron chi connectivity index (χ3n) is 21.2. The van der Waals surface area contributed by atoms with Gasteiger partial charge in [-0.2, -0.15) is 0 Å². The lowest BCUT2D eigenvalue weighted by Gasteiger charge is -2.64. The second-order valence-corrected chi connectivity index (χ2v) is 24.1. The first-order valence-corrected chi connectivity index (χ1v) is 25.9. The number of carboxylic acids is 1. The molecule has 0 bridgehead atoms. The molecule has 0 radical (unpaired) electrons. The summed E-state index contributed by atoms with van der Waals surface area (Å²) in [5.41, 5.74) is 2.70. The molecule has 13 atom stereocenters. The van der Waals surface area contributed by atoms with E-state index in [-0.39, 0.29) is 81.4 Å². The molecule has 3 aliphatic heterocycles. The van der Waals surface area contributed by atoms with Crippen molar-refractivity contribution in [2.75, 3.05) is 33.0 Å². The standard InChI is InChI=1S/C55H70O13/c1-29-40(30(2)58)45(60)42-34(44(29)59)18-32(48(63)64)19-38(42)67-49-46(61)47(62)55(39(23-57)68-49)22-35-36-21-51(13-15-53(27-51)11-5-10-52(53)14-12-50(26-52)8-3-4-9-50)20-33-24-65-28-54(16-17-56,43(33)36)37-7-6-31(25-66-55)41(35)37/h7,18-19,33,35-36,39,43,46-47,49,56-57,59-62H,3-6,8-17,20-28H2,1-2H3,(H,63,64). The van der Waals surface area contributed by atoms with E-state index in [1.165, 1.54) is 115 Å². The van der Waals surface area contributed by atoms with Gasteiger partial charge in [-0.15, -0.1) is 0 Å². The fourth-order valence-corrected chi connectivity index (χ4v) is 18.8. The summed E-state index contributed by atoms with van der Waals surface area (Å²) in [5, 5.41) is 79.7. The Kier molecular flexibility index (Phi) is 10.5. The Morgan fingerprint density at radius 2 is 1.62 bits per heavy atom. The van der Waals surface area contributed by atoms with Gasteiger partial charge in [-0.05, 0) is 184 Å². The zero-order valence-electron chi connectivity index (χ0n) is 39.7. The van der Waals surface area contributed by atoms with Crippen LogP contribution in [0.5, 0.6) is 17.2 Å². The molecule has 2 saturated heterocycles. The van der Waals surface area contributed by atoms with E-state index >= 15 is 0 Å². The lowest BCUT2D eigenvalue weighted by Crippen LogP contribution is -2.70. The van der Waals surface area contributed by atoms with Gasteiger partial charge < -0.3 is 54.7 Å². The number of aliphatic hydroxyl groups excluding tert-OH is 4. The third kappa shape index (κ3) is 6.17. The summed E-state index contributed by atoms with van der Waals surface area (Å²) in [4.78, 5) is 25.1. The summed E-state index contributed by atoms with van der Waals surface area (Å²) in [7, 11) is 0. The summed E-state index contributed by atoms with van der Waals surface area (Å²) in [5.74, 6) is -2.60. The summed E-state index contributed by atoms with van der Waals surface area (Å²) < 4.78 is 26.4. The largest absolute Gasteiger partial charge is 0.507 e. The van der Waals surface area contributed by atoms with Crippen molar-refractivity contribution in [2.24, 2.45) is 50.7 Å². The van der Waals surface area contributed by atoms with Gasteiger partial charge in [0.2, 0.25) is 6.29 Å². The minimum absolute atomic E-state index is 0.0489. The van der Waals surface area contributed by atoms with Crippen LogP contribution in [0.25, 0.3) is 10.8 Å². The number of ether oxygens (including phenoxy) is 4. The van der Waals surface area contributed by atoms with Crippen LogP contribution in [0.15, 0.2) is 34.9 Å². The van der Waals surface area contributed by atoms with E-state index in [0.29, 0.717) is 48.2 Å². The molecule has 8 fully saturated rings. The smallest absolute Gasteiger partial charge is 0.335 e. The molecule has 12 rings (SSSR count). The average molecular weight is 939 g/mol. The molecule has 13 heteroatoms. The summed E-state index contributed by atoms with van der Waals surface area (Å²) >= 11 is 0. The van der Waals surface area contributed by atoms with Crippen molar-refractivity contribution in [2.45, 2.75) is 160 Å². The van der Waals surface area contributed by atoms with E-state index in [9.17, 15) is 45.3 Å². The number of rotatable bonds is 7. The van der Waals surface area contributed by atoms with Crippen LogP contribution in [0.4, 0.5) is 0 Å². The van der Waals surface area contributed by atoms with Crippen LogP contribution in [-0.2, 0) is 14.2 Å². The van der Waals surface area contributed by atoms with Crippen LogP contribution in [0, 0.1) is 57.7 Å². The lowest BCUT2D eigenvalue weighted by atomic mass is 9.42. The number of aromatic hydroxyl groups is 2. The highest BCUT2D eigenvalue weighted by atomic mass is 16.7. The number of fused-ring (bicyclic) bond motifs is 4. The van der Waals surface area contributed by atoms with E-state index in [0.717, 1.165) is 24.5 Å². The maximum Gasteiger partial charge on any atom is 0.335 e. The summed E-state index contributed by atoms with van der Waals surface area (Å²) in [6.07, 6.45) is 17.2. The van der Waals surface area contributed by atoms with E-state index in [2.05, 4.69) is 6.08 Å². The van der Waals surface area contributed by atoms with Crippen molar-refractivity contribution in [3.63, 3.8) is 0 Å². The number of ketones is 1. The van der Waals surface area contributed by atoms with E-state index < -0.39 is 60.1 Å². The maximum atomic E-state index is 12.7. The molecule has 2 aromatic carbocycles. The van der Waals surface area contributed by atoms with Gasteiger partial charge >= 0.3 is 5.97 Å². The predicted molar refractivity (Wildman–Crippen MR) is 248 cm³/mol. The number of aliphatic hydroxyl groups is 4. The number of Topliss-reactive ketones (excluding diaryl/α,β-unsaturated/α-hetero) is 1. The Morgan fingerprint density at radius 1 is 0.882 bits per heavy atom. The van der Waals surface area contributed by atoms with Crippen molar-refractivity contribution in [3.05, 3.63) is 51.6 Å². The first kappa shape index (κ1) is 45.6. The molecule has 10 aliphatic rings. The average Bonchev–Trinajstić information content (AvgIpc) is 4.15. The molecule has 7 N–H and O–H groups in total. The Hall–Kier alpha value is -3.56. The van der Waals surface area contributed by atoms with Gasteiger partial charge in [0.25, 0.3) is 0 Å². The van der Waals surface area contributed by atoms with Gasteiger partial charge in [0.05, 0.1) is 36.3 Å². The molecule has 7 aliphatic carbocycles. The van der Waals surface area contributed by atoms with Gasteiger partial charge in [0, 0.05) is 29.6 Å². The van der Waals surface area contributed by atoms with Gasteiger partial charge in [0.1, 0.15) is 41.2 Å². The highest BCUT2D eigenvalue weighted by Gasteiger charge is 2.70. The normalized spacial score (nSPS) is 42.1. The predicted octanol–water partition coefficient (Wildman–Crippen LogP) is 7.81. The molecule has 13 unspecified atom stereocenters. The first-order chi connectivity index (χ1) is 32.6. The van der Waals surface area contributed by atoms with Crippen molar-refractivity contribution in [1.29, 1.82) is 0 Å². The van der Waals surface area contributed by atoms with E-state index in [1.54, 1.807) is 0 Å². The van der Waals surface area contributed by atoms with Crippen LogP contribution in [0.3, 0.4) is 0 Å². The first-order valence-electron chi connectivity index (χ1n) is 25.9. The Bertz CT molecular complexity index is 2520. The molecule has 68 heavy (non-hydrogen) atoms. The van der Waals surface area contributed by atoms with Crippen LogP contribution in [0.1, 0.15) is 149 Å². The number of hydrogen-bond acceptors (Lipinski definition) is 12. The molecule has 3 heterocycles. The number of benzene rings is 2. The molecule has 6 saturated carbocycles. The van der Waals surface area contributed by atoms with Crippen molar-refractivity contribution < 1.29 is 64.3 Å². The summed E-state index contributed by atoms with van der Waals surface area (Å²) in [6, 6.07) is 2.27. The Morgan fingerprint density at radius 3 is 2.32 bits per heavy atom. The fourth-order valence-electron chi connectivity index (χ4n) is 18.8. The van der Waals surface area contributed by atoms with Crippen molar-refractivity contribution in [1.82, 2.24) is 0 Å². The molecular weight excluding hydrogens is 869 g/mol. The fraction of sp³-hybridized carbons (Fsp3) is 0.709. The monoisotopic (exact) mass is 938 g/mol. The van der Waals surface area contributed by atoms with Gasteiger partial charge in [-0.3, -0.25) is 4.79 Å². The quantitative estimate of drug-likeness (QED) is 0.104. The van der Waals surface area contributed by atoms with Crippen LogP contribution in [0.2, 0.25) is 0 Å². The zero-order valence-corrected chi connectivity index (χ0v) is 39.7. The van der Waals surface area contributed by atoms with Gasteiger partial charge in [0.15, 0.2) is 5.78 Å². The lowest BCUT2D eigenvalue weighted by molar-refractivity contribution is -0.326. The minimum atomic E-state index is -1.79. The third-order valence-corrected chi connectivity index (χ3v) is 21.2. The van der Waals surface area contributed by atoms with E-state index in [1.807, 2.05) is 0 Å². The van der Waals surface area contributed by atoms with Gasteiger partial charge in [-0.1, -0.05) is 25.3 Å². The molecule has 5 spiro atoms. The van der Waals surface area contributed by atoms with Crippen LogP contribution in [-0.4, -0.2) is 111 Å². The van der Waals surface area contributed by atoms with Crippen LogP contribution < -0.4 is 4.74 Å². The minimum Gasteiger partial charge on any atom is -0.507 e. The number of carboxylic acid groups (broad SMARTS) is 1. The maximum absolute atomic E-state index is 12.7. The second-order valence-electron chi connectivity index (χ2n) is 24.1. The molecule has 13 nitrogen and oxygen atoms in total.